The first kappa shape index (κ1) is 15.0. The number of nitrogens with one attached hydrogen (secondary N) is 1. The first-order valence-electron chi connectivity index (χ1n) is 7.99. The third-order valence-electron chi connectivity index (χ3n) is 4.40. The predicted molar refractivity (Wildman–Crippen MR) is 86.8 cm³/mol. The summed E-state index contributed by atoms with van der Waals surface area (Å²) in [6.07, 6.45) is 2.26. The number of benzene rings is 1. The van der Waals surface area contributed by atoms with Gasteiger partial charge in [0.05, 0.1) is 6.04 Å². The van der Waals surface area contributed by atoms with Gasteiger partial charge in [0.2, 0.25) is 11.8 Å². The maximum absolute atomic E-state index is 5.55. The number of anilines is 1. The van der Waals surface area contributed by atoms with Gasteiger partial charge in [-0.3, -0.25) is 4.90 Å². The summed E-state index contributed by atoms with van der Waals surface area (Å²) in [5.74, 6) is 1.36. The highest BCUT2D eigenvalue weighted by Gasteiger charge is 2.26. The quantitative estimate of drug-likeness (QED) is 0.938. The normalized spacial score (nSPS) is 18.3. The van der Waals surface area contributed by atoms with Crippen LogP contribution >= 0.6 is 0 Å². The Morgan fingerprint density at radius 3 is 2.41 bits per heavy atom. The van der Waals surface area contributed by atoms with Crippen LogP contribution in [0.1, 0.15) is 43.2 Å². The first-order valence-corrected chi connectivity index (χ1v) is 7.99. The zero-order valence-corrected chi connectivity index (χ0v) is 13.5. The average Bonchev–Trinajstić information content (AvgIpc) is 2.96. The molecule has 118 valence electrons. The van der Waals surface area contributed by atoms with E-state index in [2.05, 4.69) is 58.5 Å². The molecule has 2 heterocycles. The van der Waals surface area contributed by atoms with E-state index in [1.165, 1.54) is 11.3 Å². The average molecular weight is 300 g/mol. The summed E-state index contributed by atoms with van der Waals surface area (Å²) < 4.78 is 5.55. The maximum atomic E-state index is 5.55. The molecule has 0 bridgehead atoms. The summed E-state index contributed by atoms with van der Waals surface area (Å²) in [7, 11) is 0. The summed E-state index contributed by atoms with van der Waals surface area (Å²) in [6.45, 7) is 8.18. The van der Waals surface area contributed by atoms with Crippen molar-refractivity contribution in [1.82, 2.24) is 15.1 Å². The Hall–Kier alpha value is -1.88. The van der Waals surface area contributed by atoms with Crippen LogP contribution in [0.4, 0.5) is 5.69 Å². The fourth-order valence-corrected chi connectivity index (χ4v) is 2.95. The van der Waals surface area contributed by atoms with Crippen molar-refractivity contribution in [3.05, 3.63) is 41.6 Å². The minimum Gasteiger partial charge on any atom is -0.424 e. The predicted octanol–water partition coefficient (Wildman–Crippen LogP) is 3.32. The number of aromatic nitrogens is 2. The van der Waals surface area contributed by atoms with Crippen molar-refractivity contribution < 1.29 is 4.42 Å². The zero-order valence-electron chi connectivity index (χ0n) is 13.5. The van der Waals surface area contributed by atoms with Crippen LogP contribution in [0.2, 0.25) is 0 Å². The minimum absolute atomic E-state index is 0.196. The molecule has 5 nitrogen and oxygen atoms in total. The fraction of sp³-hybridized carbons (Fsp3) is 0.529. The molecule has 22 heavy (non-hydrogen) atoms. The van der Waals surface area contributed by atoms with Crippen LogP contribution in [-0.2, 0) is 0 Å². The van der Waals surface area contributed by atoms with Gasteiger partial charge in [-0.25, -0.2) is 0 Å². The SMILES string of the molecule is Cc1ccc(NC2CCN([C@H](C)c3nnc(C)o3)CC2)cc1. The van der Waals surface area contributed by atoms with Gasteiger partial charge in [-0.1, -0.05) is 17.7 Å². The number of aryl methyl sites for hydroxylation is 2. The van der Waals surface area contributed by atoms with Gasteiger partial charge in [-0.05, 0) is 38.8 Å². The lowest BCUT2D eigenvalue weighted by molar-refractivity contribution is 0.146. The fourth-order valence-electron chi connectivity index (χ4n) is 2.95. The van der Waals surface area contributed by atoms with E-state index in [-0.39, 0.29) is 6.04 Å². The summed E-state index contributed by atoms with van der Waals surface area (Å²) in [6, 6.07) is 9.35. The Morgan fingerprint density at radius 2 is 1.82 bits per heavy atom. The van der Waals surface area contributed by atoms with E-state index < -0.39 is 0 Å². The van der Waals surface area contributed by atoms with Crippen LogP contribution in [0.15, 0.2) is 28.7 Å². The minimum atomic E-state index is 0.196. The van der Waals surface area contributed by atoms with Gasteiger partial charge in [0.1, 0.15) is 0 Å². The van der Waals surface area contributed by atoms with Crippen molar-refractivity contribution in [3.63, 3.8) is 0 Å². The van der Waals surface area contributed by atoms with Crippen molar-refractivity contribution in [2.75, 3.05) is 18.4 Å². The molecule has 1 aromatic heterocycles. The van der Waals surface area contributed by atoms with Gasteiger partial charge in [-0.15, -0.1) is 10.2 Å². The number of hydrogen-bond acceptors (Lipinski definition) is 5. The van der Waals surface area contributed by atoms with Gasteiger partial charge in [0, 0.05) is 31.7 Å². The third kappa shape index (κ3) is 3.47. The largest absolute Gasteiger partial charge is 0.424 e. The number of likely N-dealkylation sites (tertiary alicyclic amines) is 1. The molecule has 0 aliphatic carbocycles. The van der Waals surface area contributed by atoms with Crippen molar-refractivity contribution in [3.8, 4) is 0 Å². The van der Waals surface area contributed by atoms with Crippen LogP contribution in [-0.4, -0.2) is 34.2 Å². The lowest BCUT2D eigenvalue weighted by Crippen LogP contribution is -2.40. The molecular weight excluding hydrogens is 276 g/mol. The smallest absolute Gasteiger partial charge is 0.233 e. The molecule has 5 heteroatoms. The summed E-state index contributed by atoms with van der Waals surface area (Å²) >= 11 is 0. The Labute approximate surface area is 131 Å². The molecule has 1 atom stereocenters. The molecule has 1 N–H and O–H groups in total. The highest BCUT2D eigenvalue weighted by molar-refractivity contribution is 5.45. The van der Waals surface area contributed by atoms with E-state index >= 15 is 0 Å². The molecule has 0 radical (unpaired) electrons. The summed E-state index contributed by atoms with van der Waals surface area (Å²) in [5.41, 5.74) is 2.51. The van der Waals surface area contributed by atoms with Crippen molar-refractivity contribution >= 4 is 5.69 Å². The molecule has 1 fully saturated rings. The second-order valence-electron chi connectivity index (χ2n) is 6.16. The molecule has 0 saturated carbocycles. The molecule has 0 spiro atoms. The number of nitrogens with zero attached hydrogens (tertiary/aromatic N) is 3. The van der Waals surface area contributed by atoms with Crippen molar-refractivity contribution in [2.24, 2.45) is 0 Å². The van der Waals surface area contributed by atoms with Gasteiger partial charge in [0.15, 0.2) is 0 Å². The van der Waals surface area contributed by atoms with Crippen molar-refractivity contribution in [1.29, 1.82) is 0 Å². The zero-order chi connectivity index (χ0) is 15.5. The number of hydrogen-bond donors (Lipinski definition) is 1. The monoisotopic (exact) mass is 300 g/mol. The van der Waals surface area contributed by atoms with Gasteiger partial charge in [0.25, 0.3) is 0 Å². The summed E-state index contributed by atoms with van der Waals surface area (Å²) in [5, 5.41) is 11.7. The second kappa shape index (κ2) is 6.48. The highest BCUT2D eigenvalue weighted by atomic mass is 16.4. The third-order valence-corrected chi connectivity index (χ3v) is 4.40. The first-order chi connectivity index (χ1) is 10.6. The Morgan fingerprint density at radius 1 is 1.14 bits per heavy atom. The molecule has 1 aliphatic heterocycles. The molecule has 0 amide bonds. The Balaban J connectivity index is 1.52. The van der Waals surface area contributed by atoms with E-state index in [4.69, 9.17) is 4.42 Å². The molecule has 1 aromatic carbocycles. The van der Waals surface area contributed by atoms with Crippen LogP contribution in [0.25, 0.3) is 0 Å². The summed E-state index contributed by atoms with van der Waals surface area (Å²) in [4.78, 5) is 2.42. The van der Waals surface area contributed by atoms with E-state index in [1.54, 1.807) is 0 Å². The van der Waals surface area contributed by atoms with Gasteiger partial charge >= 0.3 is 0 Å². The lowest BCUT2D eigenvalue weighted by atomic mass is 10.0. The number of rotatable bonds is 4. The highest BCUT2D eigenvalue weighted by Crippen LogP contribution is 2.24. The van der Waals surface area contributed by atoms with Crippen molar-refractivity contribution in [2.45, 2.75) is 45.7 Å². The molecule has 1 aliphatic rings. The topological polar surface area (TPSA) is 54.2 Å². The number of piperidine rings is 1. The maximum Gasteiger partial charge on any atom is 0.233 e. The Kier molecular flexibility index (Phi) is 4.43. The van der Waals surface area contributed by atoms with E-state index in [0.29, 0.717) is 11.9 Å². The molecule has 1 saturated heterocycles. The molecule has 2 aromatic rings. The molecular formula is C17H24N4O. The van der Waals surface area contributed by atoms with E-state index in [1.807, 2.05) is 6.92 Å². The standard InChI is InChI=1S/C17H24N4O/c1-12-4-6-15(7-5-12)18-16-8-10-21(11-9-16)13(2)17-20-19-14(3)22-17/h4-7,13,16,18H,8-11H2,1-3H3/t13-/m1/s1. The van der Waals surface area contributed by atoms with Crippen LogP contribution in [0.5, 0.6) is 0 Å². The van der Waals surface area contributed by atoms with Crippen LogP contribution < -0.4 is 5.32 Å². The Bertz CT molecular complexity index is 599. The molecule has 0 unspecified atom stereocenters. The van der Waals surface area contributed by atoms with Crippen LogP contribution in [0, 0.1) is 13.8 Å². The van der Waals surface area contributed by atoms with E-state index in [9.17, 15) is 0 Å². The van der Waals surface area contributed by atoms with Gasteiger partial charge in [-0.2, -0.15) is 0 Å². The molecule has 3 rings (SSSR count). The van der Waals surface area contributed by atoms with Gasteiger partial charge < -0.3 is 9.73 Å². The second-order valence-corrected chi connectivity index (χ2v) is 6.16. The van der Waals surface area contributed by atoms with E-state index in [0.717, 1.165) is 31.8 Å². The lowest BCUT2D eigenvalue weighted by Gasteiger charge is -2.35. The van der Waals surface area contributed by atoms with Crippen LogP contribution in [0.3, 0.4) is 0 Å².